The van der Waals surface area contributed by atoms with E-state index in [1.165, 1.54) is 49.2 Å². The molecule has 2 unspecified atom stereocenters. The quantitative estimate of drug-likeness (QED) is 0.0592. The van der Waals surface area contributed by atoms with E-state index in [4.69, 9.17) is 27.0 Å². The number of aliphatic hydroxyl groups excluding tert-OH is 1. The molecule has 2 saturated heterocycles. The van der Waals surface area contributed by atoms with Gasteiger partial charge in [0, 0.05) is 31.4 Å². The normalized spacial score (nSPS) is 20.5. The number of alkyl halides is 7. The Balaban J connectivity index is 0.922. The summed E-state index contributed by atoms with van der Waals surface area (Å²) in [7, 11) is 0. The standard InChI is InChI=1S/C50H49F9N8O6S/c1-47(2,3)42(44(70)65-24-30(68)19-37(65)43-62-23-35(63-43)26-9-8-10-28(51)17-26)64-38(69)25-72-15-6-7-16-73-31-12-13-32(33(20-31)49(54,55)56)41-34(52)18-29(22-61-41)67-46(74)66(45(71)48(67,4)5)36-14-11-27(21-60)39(40(36)53)50(57,58)59/h8-14,17-18,20,22-23,30,34,37,41-42,68H,6-7,15-16,19,24-25H2,1-5H3,(H,62,63)(H,64,69)/t30-,34?,37+,41?,42-/m1/s1. The Hall–Kier alpha value is -6.84. The summed E-state index contributed by atoms with van der Waals surface area (Å²) >= 11 is 5.39. The number of imidazole rings is 1. The van der Waals surface area contributed by atoms with Crippen molar-refractivity contribution in [3.63, 3.8) is 0 Å². The monoisotopic (exact) mass is 1060 g/mol. The lowest BCUT2D eigenvalue weighted by Gasteiger charge is -2.35. The molecule has 2 fully saturated rings. The summed E-state index contributed by atoms with van der Waals surface area (Å²) in [4.78, 5) is 55.2. The second-order valence-electron chi connectivity index (χ2n) is 19.3. The van der Waals surface area contributed by atoms with Crippen molar-refractivity contribution in [2.45, 2.75) is 102 Å². The predicted molar refractivity (Wildman–Crippen MR) is 254 cm³/mol. The van der Waals surface area contributed by atoms with E-state index < -0.39 is 123 Å². The lowest BCUT2D eigenvalue weighted by Crippen LogP contribution is -2.55. The minimum atomic E-state index is -5.33. The number of anilines is 1. The molecule has 3 aromatic carbocycles. The van der Waals surface area contributed by atoms with Crippen molar-refractivity contribution in [1.29, 1.82) is 5.26 Å². The third kappa shape index (κ3) is 11.4. The van der Waals surface area contributed by atoms with Crippen LogP contribution in [0, 0.1) is 28.4 Å². The molecule has 7 rings (SSSR count). The number of carbonyl (C=O) groups excluding carboxylic acids is 3. The number of nitrogens with one attached hydrogen (secondary N) is 2. The molecule has 4 heterocycles. The highest BCUT2D eigenvalue weighted by Crippen LogP contribution is 2.45. The number of aromatic nitrogens is 2. The van der Waals surface area contributed by atoms with Gasteiger partial charge in [-0.15, -0.1) is 0 Å². The Bertz CT molecular complexity index is 2930. The second-order valence-corrected chi connectivity index (χ2v) is 19.7. The van der Waals surface area contributed by atoms with Crippen LogP contribution in [0.4, 0.5) is 45.2 Å². The van der Waals surface area contributed by atoms with Crippen molar-refractivity contribution < 1.29 is 68.5 Å². The number of nitrogens with zero attached hydrogens (tertiary/aromatic N) is 6. The van der Waals surface area contributed by atoms with Gasteiger partial charge in [-0.1, -0.05) is 39.0 Å². The van der Waals surface area contributed by atoms with Crippen molar-refractivity contribution in [2.24, 2.45) is 10.4 Å². The fourth-order valence-corrected chi connectivity index (χ4v) is 9.42. The predicted octanol–water partition coefficient (Wildman–Crippen LogP) is 9.06. The number of halogens is 9. The highest BCUT2D eigenvalue weighted by atomic mass is 32.1. The van der Waals surface area contributed by atoms with Gasteiger partial charge >= 0.3 is 12.4 Å². The number of hydrogen-bond donors (Lipinski definition) is 3. The van der Waals surface area contributed by atoms with Crippen LogP contribution < -0.4 is 15.0 Å². The third-order valence-electron chi connectivity index (χ3n) is 12.6. The van der Waals surface area contributed by atoms with Crippen LogP contribution in [0.1, 0.15) is 94.0 Å². The number of dihydropyridines is 1. The minimum Gasteiger partial charge on any atom is -0.494 e. The number of aliphatic hydroxyl groups is 1. The van der Waals surface area contributed by atoms with Crippen LogP contribution in [0.25, 0.3) is 11.3 Å². The molecule has 3 amide bonds. The fourth-order valence-electron chi connectivity index (χ4n) is 8.90. The number of allylic oxidation sites excluding steroid dienone is 1. The molecule has 14 nitrogen and oxygen atoms in total. The number of rotatable bonds is 15. The number of H-pyrrole nitrogens is 1. The van der Waals surface area contributed by atoms with Crippen molar-refractivity contribution in [2.75, 3.05) is 31.3 Å². The first kappa shape index (κ1) is 54.9. The number of aliphatic imine (C=N–C) groups is 1. The summed E-state index contributed by atoms with van der Waals surface area (Å²) in [6, 6.07) is 7.98. The zero-order chi connectivity index (χ0) is 54.2. The van der Waals surface area contributed by atoms with Gasteiger partial charge in [-0.2, -0.15) is 31.6 Å². The van der Waals surface area contributed by atoms with Gasteiger partial charge in [-0.3, -0.25) is 24.3 Å². The first-order chi connectivity index (χ1) is 34.6. The number of unbranched alkanes of at least 4 members (excludes halogenated alkanes) is 1. The molecule has 3 N–H and O–H groups in total. The number of nitriles is 1. The summed E-state index contributed by atoms with van der Waals surface area (Å²) < 4.78 is 141. The fraction of sp³-hybridized carbons (Fsp3) is 0.420. The number of amides is 3. The lowest BCUT2D eigenvalue weighted by atomic mass is 9.85. The van der Waals surface area contributed by atoms with Crippen LogP contribution in [0.2, 0.25) is 0 Å². The van der Waals surface area contributed by atoms with Crippen LogP contribution in [0.3, 0.4) is 0 Å². The van der Waals surface area contributed by atoms with E-state index in [1.807, 2.05) is 0 Å². The van der Waals surface area contributed by atoms with Crippen LogP contribution in [-0.4, -0.2) is 104 Å². The maximum atomic E-state index is 16.0. The molecule has 5 atom stereocenters. The Labute approximate surface area is 423 Å². The Kier molecular flexibility index (Phi) is 15.7. The van der Waals surface area contributed by atoms with Gasteiger partial charge < -0.3 is 34.7 Å². The van der Waals surface area contributed by atoms with Crippen molar-refractivity contribution in [1.82, 2.24) is 25.1 Å². The number of β-amino-alcohol motifs (C(OH)–C–C–N with tert-alkyl or cyclic N) is 1. The maximum Gasteiger partial charge on any atom is 0.420 e. The van der Waals surface area contributed by atoms with E-state index in [9.17, 15) is 50.2 Å². The van der Waals surface area contributed by atoms with Crippen molar-refractivity contribution in [3.05, 3.63) is 112 Å². The molecular formula is C50H49F9N8O6S. The number of ether oxygens (including phenoxy) is 2. The van der Waals surface area contributed by atoms with E-state index >= 15 is 8.78 Å². The molecule has 3 aliphatic rings. The molecule has 0 radical (unpaired) electrons. The van der Waals surface area contributed by atoms with Crippen molar-refractivity contribution in [3.8, 4) is 23.1 Å². The zero-order valence-corrected chi connectivity index (χ0v) is 41.1. The van der Waals surface area contributed by atoms with Gasteiger partial charge in [0.1, 0.15) is 53.4 Å². The Morgan fingerprint density at radius 1 is 1.03 bits per heavy atom. The van der Waals surface area contributed by atoms with E-state index in [1.54, 1.807) is 32.9 Å². The molecular weight excluding hydrogens is 1010 g/mol. The SMILES string of the molecule is CC(C)(C)[C@H](NC(=O)COCCCCOc1ccc(C2N=CC(N3C(=S)N(c4ccc(C#N)c(C(F)(F)F)c4F)C(=O)C3(C)C)=CC2F)c(C(F)(F)F)c1)C(=O)N1C[C@H](O)C[C@H]1c1ncc(-c2cccc(F)c2)[nH]1. The molecule has 0 bridgehead atoms. The summed E-state index contributed by atoms with van der Waals surface area (Å²) in [5.74, 6) is -4.32. The van der Waals surface area contributed by atoms with E-state index in [0.29, 0.717) is 40.5 Å². The van der Waals surface area contributed by atoms with Gasteiger partial charge in [0.05, 0.1) is 59.2 Å². The number of thiocarbonyl (C=S) groups is 1. The topological polar surface area (TPSA) is 176 Å². The molecule has 0 aliphatic carbocycles. The molecule has 1 aromatic heterocycles. The molecule has 3 aliphatic heterocycles. The second kappa shape index (κ2) is 21.2. The first-order valence-electron chi connectivity index (χ1n) is 23.0. The van der Waals surface area contributed by atoms with Crippen molar-refractivity contribution >= 4 is 47.0 Å². The van der Waals surface area contributed by atoms with E-state index in [-0.39, 0.29) is 44.0 Å². The van der Waals surface area contributed by atoms with E-state index in [0.717, 1.165) is 29.3 Å². The van der Waals surface area contributed by atoms with E-state index in [2.05, 4.69) is 20.3 Å². The molecule has 0 spiro atoms. The lowest BCUT2D eigenvalue weighted by molar-refractivity contribution is -0.141. The molecule has 394 valence electrons. The van der Waals surface area contributed by atoms with Gasteiger partial charge in [-0.25, -0.2) is 18.2 Å². The summed E-state index contributed by atoms with van der Waals surface area (Å²) in [6.45, 7) is 7.31. The average molecular weight is 1060 g/mol. The van der Waals surface area contributed by atoms with Gasteiger partial charge in [0.15, 0.2) is 10.9 Å². The molecule has 74 heavy (non-hydrogen) atoms. The smallest absolute Gasteiger partial charge is 0.420 e. The Morgan fingerprint density at radius 2 is 1.74 bits per heavy atom. The van der Waals surface area contributed by atoms with Crippen LogP contribution in [0.5, 0.6) is 5.75 Å². The highest BCUT2D eigenvalue weighted by molar-refractivity contribution is 7.80. The number of hydrogen-bond acceptors (Lipinski definition) is 10. The molecule has 24 heteroatoms. The summed E-state index contributed by atoms with van der Waals surface area (Å²) in [5.41, 5.74) is -7.51. The molecule has 4 aromatic rings. The average Bonchev–Trinajstić information content (AvgIpc) is 4.01. The zero-order valence-electron chi connectivity index (χ0n) is 40.2. The highest BCUT2D eigenvalue weighted by Gasteiger charge is 2.53. The number of likely N-dealkylation sites (tertiary alicyclic amines) is 1. The number of aromatic amines is 1. The first-order valence-corrected chi connectivity index (χ1v) is 23.4. The van der Waals surface area contributed by atoms with Crippen LogP contribution >= 0.6 is 12.2 Å². The van der Waals surface area contributed by atoms with Gasteiger partial charge in [-0.05, 0) is 92.4 Å². The minimum absolute atomic E-state index is 0.0213. The molecule has 0 saturated carbocycles. The Morgan fingerprint density at radius 3 is 2.39 bits per heavy atom. The van der Waals surface area contributed by atoms with Crippen LogP contribution in [0.15, 0.2) is 77.6 Å². The maximum absolute atomic E-state index is 16.0. The van der Waals surface area contributed by atoms with Crippen LogP contribution in [-0.2, 0) is 31.5 Å². The number of carbonyl (C=O) groups is 3. The van der Waals surface area contributed by atoms with Gasteiger partial charge in [0.2, 0.25) is 11.8 Å². The largest absolute Gasteiger partial charge is 0.494 e. The van der Waals surface area contributed by atoms with Gasteiger partial charge in [0.25, 0.3) is 5.91 Å². The number of benzene rings is 3. The summed E-state index contributed by atoms with van der Waals surface area (Å²) in [6.07, 6.45) is -9.45. The summed E-state index contributed by atoms with van der Waals surface area (Å²) in [5, 5.41) is 21.9. The third-order valence-corrected chi connectivity index (χ3v) is 12.9.